The number of aromatic nitrogens is 2. The maximum absolute atomic E-state index is 12.2. The van der Waals surface area contributed by atoms with Gasteiger partial charge in [0.1, 0.15) is 5.82 Å². The van der Waals surface area contributed by atoms with Crippen molar-refractivity contribution in [1.29, 1.82) is 0 Å². The second-order valence-electron chi connectivity index (χ2n) is 4.75. The number of aliphatic hydroxyl groups excluding tert-OH is 1. The molecule has 0 aliphatic heterocycles. The summed E-state index contributed by atoms with van der Waals surface area (Å²) in [4.78, 5) is 4.30. The molecule has 1 heterocycles. The van der Waals surface area contributed by atoms with Crippen molar-refractivity contribution in [2.75, 3.05) is 6.61 Å². The van der Waals surface area contributed by atoms with Crippen molar-refractivity contribution in [1.82, 2.24) is 14.3 Å². The minimum Gasteiger partial charge on any atom is -0.396 e. The topological polar surface area (TPSA) is 84.2 Å². The van der Waals surface area contributed by atoms with Gasteiger partial charge in [0.2, 0.25) is 10.0 Å². The van der Waals surface area contributed by atoms with Crippen molar-refractivity contribution in [3.63, 3.8) is 0 Å². The summed E-state index contributed by atoms with van der Waals surface area (Å²) in [6.07, 6.45) is 4.79. The summed E-state index contributed by atoms with van der Waals surface area (Å²) in [7, 11) is -1.73. The molecule has 0 atom stereocenters. The van der Waals surface area contributed by atoms with E-state index in [4.69, 9.17) is 5.11 Å². The van der Waals surface area contributed by atoms with Crippen molar-refractivity contribution in [2.24, 2.45) is 7.05 Å². The number of rotatable bonds is 7. The number of hydrogen-bond acceptors (Lipinski definition) is 4. The summed E-state index contributed by atoms with van der Waals surface area (Å²) in [6.45, 7) is 0.281. The lowest BCUT2D eigenvalue weighted by Gasteiger charge is -2.08. The first kappa shape index (κ1) is 15.7. The number of nitrogens with zero attached hydrogens (tertiary/aromatic N) is 2. The quantitative estimate of drug-likeness (QED) is 0.793. The van der Waals surface area contributed by atoms with E-state index in [1.165, 1.54) is 0 Å². The zero-order valence-corrected chi connectivity index (χ0v) is 12.7. The monoisotopic (exact) mass is 309 g/mol. The molecule has 0 amide bonds. The minimum atomic E-state index is -3.54. The lowest BCUT2D eigenvalue weighted by Crippen LogP contribution is -2.24. The number of aliphatic hydroxyl groups is 1. The number of benzene rings is 1. The van der Waals surface area contributed by atoms with E-state index in [0.29, 0.717) is 12.2 Å². The molecule has 0 aliphatic carbocycles. The van der Waals surface area contributed by atoms with E-state index in [1.807, 2.05) is 7.05 Å². The standard InChI is InChI=1S/C14H19N3O3S/c1-17-9-8-15-14(17)11-16-21(19,20)13-6-4-12(5-7-13)3-2-10-18/h4-9,16,18H,2-3,10-11H2,1H3. The van der Waals surface area contributed by atoms with Gasteiger partial charge in [0.15, 0.2) is 0 Å². The zero-order valence-electron chi connectivity index (χ0n) is 11.9. The van der Waals surface area contributed by atoms with Crippen LogP contribution in [0, 0.1) is 0 Å². The number of aryl methyl sites for hydroxylation is 2. The molecule has 21 heavy (non-hydrogen) atoms. The van der Waals surface area contributed by atoms with Gasteiger partial charge >= 0.3 is 0 Å². The molecule has 0 fully saturated rings. The van der Waals surface area contributed by atoms with Crippen molar-refractivity contribution >= 4 is 10.0 Å². The fraction of sp³-hybridized carbons (Fsp3) is 0.357. The lowest BCUT2D eigenvalue weighted by atomic mass is 10.1. The van der Waals surface area contributed by atoms with Gasteiger partial charge in [-0.15, -0.1) is 0 Å². The van der Waals surface area contributed by atoms with E-state index in [0.717, 1.165) is 12.0 Å². The van der Waals surface area contributed by atoms with E-state index in [-0.39, 0.29) is 18.0 Å². The Bertz CT molecular complexity index is 678. The Morgan fingerprint density at radius 3 is 2.57 bits per heavy atom. The third-order valence-corrected chi connectivity index (χ3v) is 4.62. The highest BCUT2D eigenvalue weighted by molar-refractivity contribution is 7.89. The number of hydrogen-bond donors (Lipinski definition) is 2. The first-order valence-corrected chi connectivity index (χ1v) is 8.17. The highest BCUT2D eigenvalue weighted by Crippen LogP contribution is 2.12. The molecular formula is C14H19N3O3S. The average Bonchev–Trinajstić information content (AvgIpc) is 2.89. The van der Waals surface area contributed by atoms with Gasteiger partial charge < -0.3 is 9.67 Å². The fourth-order valence-electron chi connectivity index (χ4n) is 1.93. The molecule has 0 spiro atoms. The largest absolute Gasteiger partial charge is 0.396 e. The van der Waals surface area contributed by atoms with Crippen molar-refractivity contribution < 1.29 is 13.5 Å². The average molecular weight is 309 g/mol. The van der Waals surface area contributed by atoms with E-state index in [9.17, 15) is 8.42 Å². The summed E-state index contributed by atoms with van der Waals surface area (Å²) >= 11 is 0. The van der Waals surface area contributed by atoms with Crippen molar-refractivity contribution in [2.45, 2.75) is 24.3 Å². The maximum atomic E-state index is 12.2. The molecule has 6 nitrogen and oxygen atoms in total. The van der Waals surface area contributed by atoms with Crippen LogP contribution in [0.1, 0.15) is 17.8 Å². The number of sulfonamides is 1. The second-order valence-corrected chi connectivity index (χ2v) is 6.52. The molecule has 0 aliphatic rings. The Hall–Kier alpha value is -1.70. The van der Waals surface area contributed by atoms with Gasteiger partial charge in [0.05, 0.1) is 11.4 Å². The van der Waals surface area contributed by atoms with Crippen LogP contribution in [0.3, 0.4) is 0 Å². The van der Waals surface area contributed by atoms with Crippen molar-refractivity contribution in [3.05, 3.63) is 48.0 Å². The number of nitrogens with one attached hydrogen (secondary N) is 1. The molecule has 2 rings (SSSR count). The van der Waals surface area contributed by atoms with E-state index < -0.39 is 10.0 Å². The van der Waals surface area contributed by atoms with Crippen LogP contribution in [0.4, 0.5) is 0 Å². The molecule has 1 aromatic heterocycles. The third kappa shape index (κ3) is 4.13. The van der Waals surface area contributed by atoms with Crippen LogP contribution < -0.4 is 4.72 Å². The van der Waals surface area contributed by atoms with Crippen LogP contribution in [-0.2, 0) is 30.0 Å². The van der Waals surface area contributed by atoms with Gasteiger partial charge in [0.25, 0.3) is 0 Å². The molecule has 0 bridgehead atoms. The van der Waals surface area contributed by atoms with Crippen LogP contribution in [0.5, 0.6) is 0 Å². The fourth-order valence-corrected chi connectivity index (χ4v) is 2.91. The molecule has 1 aromatic carbocycles. The summed E-state index contributed by atoms with van der Waals surface area (Å²) in [6, 6.07) is 6.69. The number of imidazole rings is 1. The highest BCUT2D eigenvalue weighted by atomic mass is 32.2. The van der Waals surface area contributed by atoms with E-state index >= 15 is 0 Å². The SMILES string of the molecule is Cn1ccnc1CNS(=O)(=O)c1ccc(CCCO)cc1. The molecule has 0 unspecified atom stereocenters. The van der Waals surface area contributed by atoms with E-state index in [1.54, 1.807) is 41.2 Å². The first-order valence-electron chi connectivity index (χ1n) is 6.68. The third-order valence-electron chi connectivity index (χ3n) is 3.20. The van der Waals surface area contributed by atoms with Crippen LogP contribution in [0.15, 0.2) is 41.6 Å². The highest BCUT2D eigenvalue weighted by Gasteiger charge is 2.14. The summed E-state index contributed by atoms with van der Waals surface area (Å²) in [5.41, 5.74) is 1.01. The Balaban J connectivity index is 2.03. The second kappa shape index (κ2) is 6.84. The summed E-state index contributed by atoms with van der Waals surface area (Å²) in [5, 5.41) is 8.78. The molecule has 114 valence electrons. The van der Waals surface area contributed by atoms with Crippen molar-refractivity contribution in [3.8, 4) is 0 Å². The Morgan fingerprint density at radius 1 is 1.29 bits per heavy atom. The first-order chi connectivity index (χ1) is 10.0. The Morgan fingerprint density at radius 2 is 2.00 bits per heavy atom. The molecule has 2 N–H and O–H groups in total. The summed E-state index contributed by atoms with van der Waals surface area (Å²) < 4.78 is 28.6. The molecular weight excluding hydrogens is 290 g/mol. The van der Waals surface area contributed by atoms with Crippen LogP contribution in [0.25, 0.3) is 0 Å². The Labute approximate surface area is 124 Å². The van der Waals surface area contributed by atoms with Gasteiger partial charge in [-0.1, -0.05) is 12.1 Å². The van der Waals surface area contributed by atoms with E-state index in [2.05, 4.69) is 9.71 Å². The van der Waals surface area contributed by atoms with Gasteiger partial charge in [-0.2, -0.15) is 0 Å². The maximum Gasteiger partial charge on any atom is 0.240 e. The predicted molar refractivity (Wildman–Crippen MR) is 79.1 cm³/mol. The predicted octanol–water partition coefficient (Wildman–Crippen LogP) is 0.823. The van der Waals surface area contributed by atoms with Crippen LogP contribution in [0.2, 0.25) is 0 Å². The minimum absolute atomic E-state index is 0.130. The molecule has 0 radical (unpaired) electrons. The van der Waals surface area contributed by atoms with Gasteiger partial charge in [-0.05, 0) is 30.5 Å². The van der Waals surface area contributed by atoms with Gasteiger partial charge in [0, 0.05) is 26.0 Å². The Kier molecular flexibility index (Phi) is 5.11. The molecule has 7 heteroatoms. The van der Waals surface area contributed by atoms with Gasteiger partial charge in [-0.25, -0.2) is 18.1 Å². The normalized spacial score (nSPS) is 11.7. The summed E-state index contributed by atoms with van der Waals surface area (Å²) in [5.74, 6) is 0.651. The van der Waals surface area contributed by atoms with Crippen LogP contribution >= 0.6 is 0 Å². The molecule has 0 saturated heterocycles. The molecule has 0 saturated carbocycles. The van der Waals surface area contributed by atoms with Crippen LogP contribution in [-0.4, -0.2) is 29.7 Å². The molecule has 2 aromatic rings. The van der Waals surface area contributed by atoms with Gasteiger partial charge in [-0.3, -0.25) is 0 Å². The zero-order chi connectivity index (χ0) is 15.3. The lowest BCUT2D eigenvalue weighted by molar-refractivity contribution is 0.288. The smallest absolute Gasteiger partial charge is 0.240 e.